The fourth-order valence-corrected chi connectivity index (χ4v) is 3.74. The number of benzene rings is 2. The number of phenolic OH excluding ortho intramolecular Hbond substituents is 1. The Morgan fingerprint density at radius 3 is 2.32 bits per heavy atom. The van der Waals surface area contributed by atoms with Crippen LogP contribution < -0.4 is 4.74 Å². The number of phenols is 1. The van der Waals surface area contributed by atoms with Crippen molar-refractivity contribution >= 4 is 22.8 Å². The first-order valence-corrected chi connectivity index (χ1v) is 9.50. The Bertz CT molecular complexity index is 1130. The first-order chi connectivity index (χ1) is 14.5. The van der Waals surface area contributed by atoms with E-state index in [0.717, 1.165) is 12.1 Å². The number of rotatable bonds is 6. The average Bonchev–Trinajstić information content (AvgIpc) is 2.95. The molecule has 6 nitrogen and oxygen atoms in total. The highest BCUT2D eigenvalue weighted by Gasteiger charge is 2.31. The lowest BCUT2D eigenvalue weighted by Gasteiger charge is -2.13. The molecule has 164 valence electrons. The van der Waals surface area contributed by atoms with E-state index >= 15 is 0 Å². The van der Waals surface area contributed by atoms with E-state index in [1.165, 1.54) is 34.9 Å². The molecule has 3 aromatic rings. The summed E-state index contributed by atoms with van der Waals surface area (Å²) in [6.45, 7) is 3.45. The highest BCUT2D eigenvalue weighted by atomic mass is 19.4. The summed E-state index contributed by atoms with van der Waals surface area (Å²) < 4.78 is 42.3. The van der Waals surface area contributed by atoms with Gasteiger partial charge in [0.25, 0.3) is 5.91 Å². The summed E-state index contributed by atoms with van der Waals surface area (Å²) in [6.07, 6.45) is -3.92. The first-order valence-electron chi connectivity index (χ1n) is 9.50. The van der Waals surface area contributed by atoms with Crippen molar-refractivity contribution < 1.29 is 37.7 Å². The molecule has 0 fully saturated rings. The van der Waals surface area contributed by atoms with Crippen molar-refractivity contribution in [2.75, 3.05) is 0 Å². The van der Waals surface area contributed by atoms with E-state index in [9.17, 15) is 33.0 Å². The fraction of sp³-hybridized carbons (Fsp3) is 0.273. The van der Waals surface area contributed by atoms with Gasteiger partial charge in [-0.15, -0.1) is 13.2 Å². The highest BCUT2D eigenvalue weighted by molar-refractivity contribution is 6.05. The number of aromatic hydroxyl groups is 1. The Morgan fingerprint density at radius 2 is 1.77 bits per heavy atom. The van der Waals surface area contributed by atoms with Gasteiger partial charge in [0.2, 0.25) is 0 Å². The third-order valence-corrected chi connectivity index (χ3v) is 5.00. The number of carboxylic acids is 1. The predicted molar refractivity (Wildman–Crippen MR) is 106 cm³/mol. The second-order valence-corrected chi connectivity index (χ2v) is 7.09. The lowest BCUT2D eigenvalue weighted by atomic mass is 9.92. The Hall–Kier alpha value is -3.49. The Labute approximate surface area is 175 Å². The molecule has 3 rings (SSSR count). The molecule has 0 amide bonds. The van der Waals surface area contributed by atoms with Gasteiger partial charge in [0.15, 0.2) is 0 Å². The minimum Gasteiger partial charge on any atom is -0.508 e. The van der Waals surface area contributed by atoms with Gasteiger partial charge in [-0.25, -0.2) is 0 Å². The predicted octanol–water partition coefficient (Wildman–Crippen LogP) is 5.21. The number of carboxylic acid groups (broad SMARTS) is 1. The Balaban J connectivity index is 2.13. The maximum atomic E-state index is 13.2. The molecule has 0 saturated heterocycles. The van der Waals surface area contributed by atoms with Gasteiger partial charge in [0.1, 0.15) is 11.5 Å². The summed E-state index contributed by atoms with van der Waals surface area (Å²) in [6, 6.07) is 8.77. The van der Waals surface area contributed by atoms with Gasteiger partial charge < -0.3 is 14.9 Å². The van der Waals surface area contributed by atoms with Crippen molar-refractivity contribution in [3.8, 4) is 11.5 Å². The molecule has 0 spiro atoms. The van der Waals surface area contributed by atoms with Crippen LogP contribution in [0.1, 0.15) is 47.3 Å². The standard InChI is InChI=1S/C22H20F3NO5/c1-3-4-16(21(29)30)19-12(2)26(18-10-7-14(27)11-17(18)19)20(28)13-5-8-15(9-6-13)31-22(23,24)25/h5-11,16,27H,3-4H2,1-2H3,(H,29,30)/t16-/m0/s1. The topological polar surface area (TPSA) is 88.8 Å². The third kappa shape index (κ3) is 4.50. The number of alkyl halides is 3. The number of carbonyl (C=O) groups is 2. The first kappa shape index (κ1) is 22.2. The van der Waals surface area contributed by atoms with Crippen LogP contribution in [0.15, 0.2) is 42.5 Å². The van der Waals surface area contributed by atoms with Crippen LogP contribution in [0.3, 0.4) is 0 Å². The van der Waals surface area contributed by atoms with Crippen molar-refractivity contribution in [2.24, 2.45) is 0 Å². The molecule has 0 aliphatic carbocycles. The second-order valence-electron chi connectivity index (χ2n) is 7.09. The number of carbonyl (C=O) groups excluding carboxylic acids is 1. The van der Waals surface area contributed by atoms with Crippen LogP contribution in [0, 0.1) is 6.92 Å². The summed E-state index contributed by atoms with van der Waals surface area (Å²) in [5.41, 5.74) is 1.30. The van der Waals surface area contributed by atoms with Crippen molar-refractivity contribution in [2.45, 2.75) is 39.0 Å². The van der Waals surface area contributed by atoms with E-state index < -0.39 is 29.9 Å². The molecule has 1 atom stereocenters. The average molecular weight is 435 g/mol. The van der Waals surface area contributed by atoms with Gasteiger partial charge in [-0.3, -0.25) is 14.2 Å². The molecule has 2 aromatic carbocycles. The summed E-state index contributed by atoms with van der Waals surface area (Å²) in [5, 5.41) is 20.1. The van der Waals surface area contributed by atoms with Gasteiger partial charge in [0.05, 0.1) is 11.4 Å². The molecule has 0 unspecified atom stereocenters. The van der Waals surface area contributed by atoms with Crippen LogP contribution >= 0.6 is 0 Å². The summed E-state index contributed by atoms with van der Waals surface area (Å²) in [4.78, 5) is 25.1. The zero-order valence-corrected chi connectivity index (χ0v) is 16.7. The van der Waals surface area contributed by atoms with E-state index in [0.29, 0.717) is 35.0 Å². The lowest BCUT2D eigenvalue weighted by Crippen LogP contribution is -2.18. The Morgan fingerprint density at radius 1 is 1.13 bits per heavy atom. The van der Waals surface area contributed by atoms with Crippen molar-refractivity contribution in [3.63, 3.8) is 0 Å². The van der Waals surface area contributed by atoms with Gasteiger partial charge in [0, 0.05) is 16.6 Å². The van der Waals surface area contributed by atoms with Crippen LogP contribution in [0.4, 0.5) is 13.2 Å². The molecule has 0 bridgehead atoms. The van der Waals surface area contributed by atoms with Gasteiger partial charge in [-0.2, -0.15) is 0 Å². The summed E-state index contributed by atoms with van der Waals surface area (Å²) >= 11 is 0. The molecule has 1 heterocycles. The van der Waals surface area contributed by atoms with E-state index in [4.69, 9.17) is 0 Å². The van der Waals surface area contributed by atoms with Crippen LogP contribution in [0.2, 0.25) is 0 Å². The molecule has 0 radical (unpaired) electrons. The molecular weight excluding hydrogens is 415 g/mol. The SMILES string of the molecule is CCC[C@H](C(=O)O)c1c(C)n(C(=O)c2ccc(OC(F)(F)F)cc2)c2ccc(O)cc12. The number of halogens is 3. The number of aliphatic carboxylic acids is 1. The van der Waals surface area contributed by atoms with Gasteiger partial charge in [-0.05, 0) is 61.4 Å². The monoisotopic (exact) mass is 435 g/mol. The molecule has 1 aromatic heterocycles. The minimum absolute atomic E-state index is 0.0763. The van der Waals surface area contributed by atoms with Crippen molar-refractivity contribution in [3.05, 3.63) is 59.3 Å². The van der Waals surface area contributed by atoms with Crippen LogP contribution in [-0.2, 0) is 4.79 Å². The van der Waals surface area contributed by atoms with Crippen LogP contribution in [0.5, 0.6) is 11.5 Å². The molecule has 31 heavy (non-hydrogen) atoms. The van der Waals surface area contributed by atoms with Gasteiger partial charge in [-0.1, -0.05) is 13.3 Å². The highest BCUT2D eigenvalue weighted by Crippen LogP contribution is 2.37. The maximum Gasteiger partial charge on any atom is 0.573 e. The molecule has 0 saturated carbocycles. The Kier molecular flexibility index (Phi) is 5.97. The summed E-state index contributed by atoms with van der Waals surface area (Å²) in [7, 11) is 0. The quantitative estimate of drug-likeness (QED) is 0.555. The number of ether oxygens (including phenoxy) is 1. The van der Waals surface area contributed by atoms with Crippen LogP contribution in [-0.4, -0.2) is 33.0 Å². The molecule has 0 aliphatic rings. The smallest absolute Gasteiger partial charge is 0.508 e. The van der Waals surface area contributed by atoms with E-state index in [-0.39, 0.29) is 11.3 Å². The molecule has 9 heteroatoms. The van der Waals surface area contributed by atoms with Gasteiger partial charge >= 0.3 is 12.3 Å². The minimum atomic E-state index is -4.85. The van der Waals surface area contributed by atoms with E-state index in [2.05, 4.69) is 4.74 Å². The maximum absolute atomic E-state index is 13.2. The van der Waals surface area contributed by atoms with Crippen molar-refractivity contribution in [1.29, 1.82) is 0 Å². The van der Waals surface area contributed by atoms with E-state index in [1.54, 1.807) is 6.92 Å². The number of fused-ring (bicyclic) bond motifs is 1. The van der Waals surface area contributed by atoms with E-state index in [1.807, 2.05) is 6.92 Å². The zero-order valence-electron chi connectivity index (χ0n) is 16.7. The second kappa shape index (κ2) is 8.33. The van der Waals surface area contributed by atoms with Crippen molar-refractivity contribution in [1.82, 2.24) is 4.57 Å². The number of aromatic nitrogens is 1. The molecule has 2 N–H and O–H groups in total. The van der Waals surface area contributed by atoms with Crippen LogP contribution in [0.25, 0.3) is 10.9 Å². The third-order valence-electron chi connectivity index (χ3n) is 5.00. The number of nitrogens with zero attached hydrogens (tertiary/aromatic N) is 1. The normalized spacial score (nSPS) is 12.7. The molecular formula is C22H20F3NO5. The zero-order chi connectivity index (χ0) is 22.9. The fourth-order valence-electron chi connectivity index (χ4n) is 3.74. The number of hydrogen-bond donors (Lipinski definition) is 2. The lowest BCUT2D eigenvalue weighted by molar-refractivity contribution is -0.274. The summed E-state index contributed by atoms with van der Waals surface area (Å²) in [5.74, 6) is -3.01. The largest absolute Gasteiger partial charge is 0.573 e. The number of hydrogen-bond acceptors (Lipinski definition) is 4. The molecule has 0 aliphatic heterocycles.